The van der Waals surface area contributed by atoms with Gasteiger partial charge < -0.3 is 9.47 Å². The Hall–Kier alpha value is -8.36. The molecule has 18 heteroatoms. The molecular formula is C48H56N10O6S2. The van der Waals surface area contributed by atoms with Gasteiger partial charge in [0.25, 0.3) is 0 Å². The largest absolute Gasteiger partial charge is 0.497 e. The predicted octanol–water partition coefficient (Wildman–Crippen LogP) is 7.40. The fraction of sp³-hybridized carbons (Fsp3) is 0.271. The van der Waals surface area contributed by atoms with E-state index in [9.17, 15) is 4.79 Å². The van der Waals surface area contributed by atoms with Crippen molar-refractivity contribution in [1.29, 1.82) is 5.53 Å². The molecule has 0 radical (unpaired) electrons. The smallest absolute Gasteiger partial charge is 0.352 e. The van der Waals surface area contributed by atoms with Gasteiger partial charge in [-0.05, 0) is 168 Å². The van der Waals surface area contributed by atoms with E-state index in [1.165, 1.54) is 34.1 Å². The molecule has 346 valence electrons. The van der Waals surface area contributed by atoms with Crippen molar-refractivity contribution in [3.8, 4) is 136 Å². The maximum atomic E-state index is 13.3. The zero-order valence-electron chi connectivity index (χ0n) is 35.7. The molecule has 5 heterocycles. The summed E-state index contributed by atoms with van der Waals surface area (Å²) in [7, 11) is 1.65. The van der Waals surface area contributed by atoms with Crippen LogP contribution in [0, 0.1) is 136 Å². The third-order valence-corrected chi connectivity index (χ3v) is 9.90. The summed E-state index contributed by atoms with van der Waals surface area (Å²) in [6, 6.07) is 7.86. The molecule has 0 bridgehead atoms. The number of benzene rings is 1. The Balaban J connectivity index is -0.000000199. The molecule has 0 saturated carbocycles. The van der Waals surface area contributed by atoms with E-state index in [1.54, 1.807) is 32.3 Å². The number of hydrogen-bond donors (Lipinski definition) is 3. The van der Waals surface area contributed by atoms with Crippen LogP contribution in [0.25, 0.3) is 15.9 Å². The van der Waals surface area contributed by atoms with Crippen LogP contribution < -0.4 is 10.4 Å². The van der Waals surface area contributed by atoms with Gasteiger partial charge in [0.15, 0.2) is 5.65 Å². The SMILES string of the molecule is CC#CC#CC#CC#CC#CC#CC#CC#CC#CC#CC#CC.COc1ccc(Cn2c(=O)n3ncnc3c3c4c(sc32)CN(CC2CCCCO2)CC4)cc1.N=N/N=N/N(OO)OS.[HH].[HH].[HH].[HH].[HH].[HH].[HH].[HH].[HH].[HH]. The summed E-state index contributed by atoms with van der Waals surface area (Å²) in [5.41, 5.74) is 8.94. The van der Waals surface area contributed by atoms with E-state index >= 15 is 0 Å². The Kier molecular flexibility index (Phi) is 22.7. The van der Waals surface area contributed by atoms with E-state index in [4.69, 9.17) is 20.3 Å². The molecule has 1 atom stereocenters. The molecule has 16 nitrogen and oxygen atoms in total. The van der Waals surface area contributed by atoms with Crippen molar-refractivity contribution in [3.05, 3.63) is 57.1 Å². The van der Waals surface area contributed by atoms with E-state index in [2.05, 4.69) is 183 Å². The number of methoxy groups -OCH3 is 1. The van der Waals surface area contributed by atoms with E-state index in [0.717, 1.165) is 60.6 Å². The van der Waals surface area contributed by atoms with Gasteiger partial charge in [0.05, 0.1) is 25.1 Å². The second-order valence-electron chi connectivity index (χ2n) is 12.5. The van der Waals surface area contributed by atoms with Crippen molar-refractivity contribution >= 4 is 40.1 Å². The molecule has 66 heavy (non-hydrogen) atoms. The molecule has 6 rings (SSSR count). The monoisotopic (exact) mass is 932 g/mol. The zero-order chi connectivity index (χ0) is 47.0. The molecule has 0 aliphatic carbocycles. The lowest BCUT2D eigenvalue weighted by Crippen LogP contribution is -2.38. The minimum absolute atomic E-state index is 0. The third kappa shape index (κ3) is 16.7. The van der Waals surface area contributed by atoms with Crippen molar-refractivity contribution < 1.29 is 38.3 Å². The Labute approximate surface area is 406 Å². The van der Waals surface area contributed by atoms with Gasteiger partial charge in [0, 0.05) is 92.5 Å². The molecule has 0 amide bonds. The lowest BCUT2D eigenvalue weighted by Gasteiger charge is -2.32. The van der Waals surface area contributed by atoms with Crippen LogP contribution >= 0.6 is 24.2 Å². The average Bonchev–Trinajstić information content (AvgIpc) is 3.99. The number of hydrogen-bond acceptors (Lipinski definition) is 13. The second-order valence-corrected chi connectivity index (χ2v) is 13.8. The summed E-state index contributed by atoms with van der Waals surface area (Å²) < 4.78 is 18.4. The summed E-state index contributed by atoms with van der Waals surface area (Å²) in [6.45, 7) is 7.63. The number of fused-ring (bicyclic) bond motifs is 5. The minimum atomic E-state index is -0.156. The highest BCUT2D eigenvalue weighted by Crippen LogP contribution is 2.37. The molecular weight excluding hydrogens is 877 g/mol. The van der Waals surface area contributed by atoms with Gasteiger partial charge in [-0.2, -0.15) is 19.4 Å². The quantitative estimate of drug-likeness (QED) is 0.0383. The third-order valence-electron chi connectivity index (χ3n) is 8.52. The highest BCUT2D eigenvalue weighted by atomic mass is 32.1. The number of thiophene rings is 1. The van der Waals surface area contributed by atoms with E-state index in [0.29, 0.717) is 18.3 Å². The first-order valence-corrected chi connectivity index (χ1v) is 20.5. The van der Waals surface area contributed by atoms with Crippen LogP contribution in [-0.4, -0.2) is 67.6 Å². The Morgan fingerprint density at radius 1 is 0.909 bits per heavy atom. The molecule has 1 saturated heterocycles. The minimum Gasteiger partial charge on any atom is -0.497 e. The second kappa shape index (κ2) is 29.9. The lowest BCUT2D eigenvalue weighted by molar-refractivity contribution is -0.478. The van der Waals surface area contributed by atoms with Crippen LogP contribution in [-0.2, 0) is 33.5 Å². The average molecular weight is 933 g/mol. The van der Waals surface area contributed by atoms with Crippen molar-refractivity contribution in [2.75, 3.05) is 26.8 Å². The Morgan fingerprint density at radius 2 is 1.48 bits per heavy atom. The molecule has 2 N–H and O–H groups in total. The fourth-order valence-electron chi connectivity index (χ4n) is 5.85. The van der Waals surface area contributed by atoms with E-state index in [-0.39, 0.29) is 25.3 Å². The van der Waals surface area contributed by atoms with Gasteiger partial charge in [-0.1, -0.05) is 29.0 Å². The number of rotatable bonds is 9. The topological polar surface area (TPSA) is 177 Å². The highest BCUT2D eigenvalue weighted by molar-refractivity contribution is 7.75. The van der Waals surface area contributed by atoms with Crippen LogP contribution in [0.2, 0.25) is 0 Å². The first kappa shape index (κ1) is 50.3. The molecule has 1 fully saturated rings. The van der Waals surface area contributed by atoms with Gasteiger partial charge in [0.1, 0.15) is 16.9 Å². The van der Waals surface area contributed by atoms with Crippen LogP contribution in [0.3, 0.4) is 0 Å². The Bertz CT molecular complexity index is 3130. The first-order chi connectivity index (χ1) is 32.5. The normalized spacial score (nSPS) is 12.4. The van der Waals surface area contributed by atoms with E-state index in [1.807, 2.05) is 28.8 Å². The molecule has 3 aromatic heterocycles. The van der Waals surface area contributed by atoms with Crippen molar-refractivity contribution in [1.82, 2.24) is 29.4 Å². The highest BCUT2D eigenvalue weighted by Gasteiger charge is 2.28. The molecule has 4 aromatic rings. The summed E-state index contributed by atoms with van der Waals surface area (Å²) in [4.78, 5) is 26.0. The molecule has 2 aliphatic heterocycles. The molecule has 0 spiro atoms. The van der Waals surface area contributed by atoms with Crippen LogP contribution in [0.1, 0.15) is 63.4 Å². The van der Waals surface area contributed by atoms with Gasteiger partial charge in [-0.15, -0.1) is 11.3 Å². The van der Waals surface area contributed by atoms with Crippen molar-refractivity contribution in [2.24, 2.45) is 15.7 Å². The summed E-state index contributed by atoms with van der Waals surface area (Å²) in [5, 5.41) is 21.1. The maximum Gasteiger partial charge on any atom is 0.352 e. The summed E-state index contributed by atoms with van der Waals surface area (Å²) in [5.74, 6) is 56.4. The fourth-order valence-corrected chi connectivity index (χ4v) is 7.29. The number of ether oxygens (including phenoxy) is 2. The van der Waals surface area contributed by atoms with Crippen LogP contribution in [0.5, 0.6) is 5.75 Å². The molecule has 1 aromatic carbocycles. The Morgan fingerprint density at radius 3 is 1.97 bits per heavy atom. The predicted molar refractivity (Wildman–Crippen MR) is 271 cm³/mol. The number of nitrogens with one attached hydrogen (secondary N) is 1. The van der Waals surface area contributed by atoms with Crippen molar-refractivity contribution in [2.45, 2.75) is 58.7 Å². The number of thiol groups is 1. The van der Waals surface area contributed by atoms with Gasteiger partial charge in [-0.25, -0.2) is 15.0 Å². The van der Waals surface area contributed by atoms with Gasteiger partial charge in [0.2, 0.25) is 0 Å². The lowest BCUT2D eigenvalue weighted by atomic mass is 10.0. The van der Waals surface area contributed by atoms with Crippen molar-refractivity contribution in [3.63, 3.8) is 0 Å². The van der Waals surface area contributed by atoms with Crippen LogP contribution in [0.4, 0.5) is 0 Å². The summed E-state index contributed by atoms with van der Waals surface area (Å²) in [6.07, 6.45) is 6.36. The summed E-state index contributed by atoms with van der Waals surface area (Å²) >= 11 is 4.88. The molecule has 2 aliphatic rings. The first-order valence-electron chi connectivity index (χ1n) is 19.4. The van der Waals surface area contributed by atoms with Gasteiger partial charge >= 0.3 is 5.69 Å². The maximum absolute atomic E-state index is 13.3. The zero-order valence-corrected chi connectivity index (χ0v) is 37.4. The van der Waals surface area contributed by atoms with Crippen LogP contribution in [0.15, 0.2) is 51.1 Å². The standard InChI is InChI=1S/C24H27N5O3S.C24H6.H3N5O3S.10H2/c1-31-17-7-5-16(6-8-17)12-28-23-21(22-25-15-26-29(22)24(28)30)19-9-10-27(14-20(19)33-23)13-18-4-2-3-11-32-18;1-3-5-7-9-11-13-15-17-19-21-23-24-22-20-18-16-14-12-10-8-6-4-2;1-2-3-4-5(7-6)8-9;;;;;;;;;;/h5-8,15,18H,2-4,9-14H2,1H3;1-2H3;1,6,9H;10*1H/b;;2-1?,4-3+;;;;;;;;;;. The molecule has 1 unspecified atom stereocenters. The number of aromatic nitrogens is 4. The number of nitrogens with zero attached hydrogens (tertiary/aromatic N) is 9. The van der Waals surface area contributed by atoms with E-state index < -0.39 is 0 Å². The van der Waals surface area contributed by atoms with Gasteiger partial charge in [-0.3, -0.25) is 9.47 Å².